The van der Waals surface area contributed by atoms with E-state index < -0.39 is 0 Å². The van der Waals surface area contributed by atoms with Crippen molar-refractivity contribution in [3.8, 4) is 0 Å². The monoisotopic (exact) mass is 427 g/mol. The van der Waals surface area contributed by atoms with Gasteiger partial charge in [0, 0.05) is 44.1 Å². The van der Waals surface area contributed by atoms with Crippen molar-refractivity contribution in [2.24, 2.45) is 11.8 Å². The van der Waals surface area contributed by atoms with Gasteiger partial charge in [-0.05, 0) is 32.3 Å². The highest BCUT2D eigenvalue weighted by Gasteiger charge is 2.62. The van der Waals surface area contributed by atoms with Gasteiger partial charge in [0.1, 0.15) is 0 Å². The van der Waals surface area contributed by atoms with E-state index in [2.05, 4.69) is 46.6 Å². The van der Waals surface area contributed by atoms with Gasteiger partial charge < -0.3 is 19.7 Å². The standard InChI is InChI=1S/C22H27N3O3.CH2O2/c1-14-4-3-5-16(8-14)11-25-12-18-17(19-6-7-22(18,13-25)27-19)10-23-21(26)20-9-15(2)24-28-20;2-1-3/h3-5,8-9,17-19H,6-7,10-13H2,1-2H3,(H,23,26);1H,(H,2,3)/t17-,18+,19+,22+;/m0./s1. The van der Waals surface area contributed by atoms with Crippen LogP contribution in [0, 0.1) is 25.7 Å². The normalized spacial score (nSPS) is 28.6. The average Bonchev–Trinajstić information content (AvgIpc) is 3.47. The lowest BCUT2D eigenvalue weighted by molar-refractivity contribution is -0.122. The van der Waals surface area contributed by atoms with Crippen LogP contribution in [0.3, 0.4) is 0 Å². The summed E-state index contributed by atoms with van der Waals surface area (Å²) >= 11 is 0. The second kappa shape index (κ2) is 8.80. The van der Waals surface area contributed by atoms with Crippen molar-refractivity contribution < 1.29 is 24.0 Å². The summed E-state index contributed by atoms with van der Waals surface area (Å²) in [6, 6.07) is 10.4. The van der Waals surface area contributed by atoms with E-state index in [0.717, 1.165) is 38.2 Å². The third kappa shape index (κ3) is 4.36. The lowest BCUT2D eigenvalue weighted by atomic mass is 9.73. The number of rotatable bonds is 5. The van der Waals surface area contributed by atoms with Crippen molar-refractivity contribution in [1.82, 2.24) is 15.4 Å². The molecule has 2 bridgehead atoms. The van der Waals surface area contributed by atoms with Crippen molar-refractivity contribution in [1.29, 1.82) is 0 Å². The number of likely N-dealkylation sites (tertiary alicyclic amines) is 1. The SMILES string of the molecule is Cc1cccc(CN2C[C@@H]3[C@H](CNC(=O)c4cc(C)no4)[C@H]4CC[C@]3(C2)O4)c1.O=CO. The van der Waals surface area contributed by atoms with Gasteiger partial charge in [0.15, 0.2) is 0 Å². The third-order valence-corrected chi connectivity index (χ3v) is 6.69. The molecule has 3 fully saturated rings. The number of benzene rings is 1. The van der Waals surface area contributed by atoms with Gasteiger partial charge in [-0.25, -0.2) is 0 Å². The summed E-state index contributed by atoms with van der Waals surface area (Å²) in [6.07, 6.45) is 2.50. The van der Waals surface area contributed by atoms with Crippen molar-refractivity contribution in [2.75, 3.05) is 19.6 Å². The van der Waals surface area contributed by atoms with Gasteiger partial charge in [0.25, 0.3) is 12.4 Å². The van der Waals surface area contributed by atoms with Gasteiger partial charge in [-0.3, -0.25) is 14.5 Å². The van der Waals surface area contributed by atoms with E-state index in [1.807, 2.05) is 6.92 Å². The molecule has 0 aliphatic carbocycles. The maximum Gasteiger partial charge on any atom is 0.290 e. The van der Waals surface area contributed by atoms with Crippen LogP contribution in [0.2, 0.25) is 0 Å². The number of hydrogen-bond acceptors (Lipinski definition) is 6. The first-order valence-corrected chi connectivity index (χ1v) is 10.7. The Morgan fingerprint density at radius 3 is 2.90 bits per heavy atom. The van der Waals surface area contributed by atoms with Gasteiger partial charge >= 0.3 is 0 Å². The first kappa shape index (κ1) is 21.5. The maximum absolute atomic E-state index is 12.4. The van der Waals surface area contributed by atoms with Crippen LogP contribution >= 0.6 is 0 Å². The molecular weight excluding hydrogens is 398 g/mol. The highest BCUT2D eigenvalue weighted by Crippen LogP contribution is 2.54. The van der Waals surface area contributed by atoms with E-state index >= 15 is 0 Å². The van der Waals surface area contributed by atoms with E-state index in [1.54, 1.807) is 6.07 Å². The Hall–Kier alpha value is -2.71. The molecular formula is C23H29N3O5. The number of carbonyl (C=O) groups is 2. The fourth-order valence-corrected chi connectivity index (χ4v) is 5.52. The zero-order valence-corrected chi connectivity index (χ0v) is 17.9. The topological polar surface area (TPSA) is 105 Å². The number of ether oxygens (including phenoxy) is 1. The molecule has 2 N–H and O–H groups in total. The molecule has 8 heteroatoms. The summed E-state index contributed by atoms with van der Waals surface area (Å²) in [5.74, 6) is 0.938. The molecule has 0 unspecified atom stereocenters. The summed E-state index contributed by atoms with van der Waals surface area (Å²) in [4.78, 5) is 23.2. The first-order valence-electron chi connectivity index (χ1n) is 10.7. The van der Waals surface area contributed by atoms with Crippen LogP contribution in [0.25, 0.3) is 0 Å². The van der Waals surface area contributed by atoms with Crippen molar-refractivity contribution >= 4 is 12.4 Å². The van der Waals surface area contributed by atoms with Crippen LogP contribution in [-0.2, 0) is 16.1 Å². The smallest absolute Gasteiger partial charge is 0.290 e. The van der Waals surface area contributed by atoms with Crippen LogP contribution in [-0.4, -0.2) is 58.9 Å². The van der Waals surface area contributed by atoms with Crippen molar-refractivity contribution in [3.63, 3.8) is 0 Å². The van der Waals surface area contributed by atoms with E-state index in [9.17, 15) is 4.79 Å². The number of aryl methyl sites for hydroxylation is 2. The number of aromatic nitrogens is 1. The van der Waals surface area contributed by atoms with E-state index in [-0.39, 0.29) is 29.8 Å². The maximum atomic E-state index is 12.4. The van der Waals surface area contributed by atoms with Gasteiger partial charge in [0.05, 0.1) is 17.4 Å². The number of nitrogens with zero attached hydrogens (tertiary/aromatic N) is 2. The summed E-state index contributed by atoms with van der Waals surface area (Å²) in [7, 11) is 0. The van der Waals surface area contributed by atoms with Gasteiger partial charge in [0.2, 0.25) is 5.76 Å². The number of fused-ring (bicyclic) bond motifs is 1. The predicted molar refractivity (Wildman–Crippen MR) is 113 cm³/mol. The molecule has 5 rings (SSSR count). The van der Waals surface area contributed by atoms with E-state index in [4.69, 9.17) is 19.2 Å². The Bertz CT molecular complexity index is 945. The van der Waals surface area contributed by atoms with Crippen LogP contribution in [0.1, 0.15) is 40.2 Å². The Labute approximate surface area is 181 Å². The summed E-state index contributed by atoms with van der Waals surface area (Å²) in [5, 5.41) is 13.7. The fraction of sp³-hybridized carbons (Fsp3) is 0.522. The highest BCUT2D eigenvalue weighted by molar-refractivity contribution is 5.91. The summed E-state index contributed by atoms with van der Waals surface area (Å²) in [5.41, 5.74) is 3.36. The minimum atomic E-state index is -0.250. The Morgan fingerprint density at radius 1 is 1.39 bits per heavy atom. The second-order valence-electron chi connectivity index (χ2n) is 8.84. The molecule has 3 saturated heterocycles. The molecule has 4 atom stereocenters. The molecule has 0 saturated carbocycles. The molecule has 1 aromatic heterocycles. The van der Waals surface area contributed by atoms with Crippen LogP contribution in [0.15, 0.2) is 34.9 Å². The van der Waals surface area contributed by atoms with E-state index in [1.165, 1.54) is 11.1 Å². The quantitative estimate of drug-likeness (QED) is 0.706. The minimum absolute atomic E-state index is 0.0211. The molecule has 31 heavy (non-hydrogen) atoms. The van der Waals surface area contributed by atoms with Crippen LogP contribution in [0.5, 0.6) is 0 Å². The predicted octanol–water partition coefficient (Wildman–Crippen LogP) is 2.40. The zero-order chi connectivity index (χ0) is 22.0. The molecule has 3 aliphatic rings. The molecule has 1 aromatic carbocycles. The number of carboxylic acid groups (broad SMARTS) is 1. The van der Waals surface area contributed by atoms with Crippen molar-refractivity contribution in [3.05, 3.63) is 52.9 Å². The minimum Gasteiger partial charge on any atom is -0.483 e. The fourth-order valence-electron chi connectivity index (χ4n) is 5.52. The van der Waals surface area contributed by atoms with Gasteiger partial charge in [-0.2, -0.15) is 0 Å². The summed E-state index contributed by atoms with van der Waals surface area (Å²) in [6.45, 7) is 7.33. The molecule has 2 aromatic rings. The molecule has 8 nitrogen and oxygen atoms in total. The number of carbonyl (C=O) groups excluding carboxylic acids is 1. The number of amides is 1. The zero-order valence-electron chi connectivity index (χ0n) is 17.9. The lowest BCUT2D eigenvalue weighted by Crippen LogP contribution is -2.41. The van der Waals surface area contributed by atoms with Crippen LogP contribution < -0.4 is 5.32 Å². The van der Waals surface area contributed by atoms with Gasteiger partial charge in [-0.1, -0.05) is 35.0 Å². The average molecular weight is 428 g/mol. The Kier molecular flexibility index (Phi) is 6.11. The van der Waals surface area contributed by atoms with Crippen molar-refractivity contribution in [2.45, 2.75) is 44.9 Å². The Balaban J connectivity index is 0.000000730. The second-order valence-corrected chi connectivity index (χ2v) is 8.84. The summed E-state index contributed by atoms with van der Waals surface area (Å²) < 4.78 is 11.6. The van der Waals surface area contributed by atoms with Crippen LogP contribution in [0.4, 0.5) is 0 Å². The molecule has 0 radical (unpaired) electrons. The molecule has 3 aliphatic heterocycles. The third-order valence-electron chi connectivity index (χ3n) is 6.69. The Morgan fingerprint density at radius 2 is 2.19 bits per heavy atom. The largest absolute Gasteiger partial charge is 0.483 e. The first-order chi connectivity index (χ1) is 14.9. The molecule has 166 valence electrons. The van der Waals surface area contributed by atoms with E-state index in [0.29, 0.717) is 18.4 Å². The molecule has 1 amide bonds. The van der Waals surface area contributed by atoms with Gasteiger partial charge in [-0.15, -0.1) is 0 Å². The lowest BCUT2D eigenvalue weighted by Gasteiger charge is -2.29. The number of hydrogen-bond donors (Lipinski definition) is 2. The highest BCUT2D eigenvalue weighted by atomic mass is 16.5. The molecule has 1 spiro atoms. The number of nitrogens with one attached hydrogen (secondary N) is 1. The molecule has 4 heterocycles.